The first-order valence-corrected chi connectivity index (χ1v) is 9.73. The molecule has 1 aromatic rings. The molecular weight excluding hydrogens is 348 g/mol. The van der Waals surface area contributed by atoms with E-state index in [2.05, 4.69) is 13.8 Å². The quantitative estimate of drug-likeness (QED) is 0.446. The maximum Gasteiger partial charge on any atom is 0.343 e. The van der Waals surface area contributed by atoms with Gasteiger partial charge >= 0.3 is 17.9 Å². The average molecular weight is 378 g/mol. The molecule has 1 fully saturated rings. The third-order valence-electron chi connectivity index (χ3n) is 4.87. The van der Waals surface area contributed by atoms with Crippen LogP contribution in [0.2, 0.25) is 0 Å². The molecule has 6 nitrogen and oxygen atoms in total. The van der Waals surface area contributed by atoms with E-state index in [1.807, 2.05) is 0 Å². The first-order valence-electron chi connectivity index (χ1n) is 9.73. The second-order valence-electron chi connectivity index (χ2n) is 6.79. The van der Waals surface area contributed by atoms with E-state index in [9.17, 15) is 9.59 Å². The predicted octanol–water partition coefficient (Wildman–Crippen LogP) is 4.33. The van der Waals surface area contributed by atoms with Gasteiger partial charge in [0.15, 0.2) is 0 Å². The molecule has 0 spiro atoms. The number of hydrogen-bond acceptors (Lipinski definition) is 6. The smallest absolute Gasteiger partial charge is 0.343 e. The largest absolute Gasteiger partial charge is 0.462 e. The van der Waals surface area contributed by atoms with Crippen molar-refractivity contribution < 1.29 is 28.5 Å². The summed E-state index contributed by atoms with van der Waals surface area (Å²) in [5, 5.41) is 0. The highest BCUT2D eigenvalue weighted by atomic mass is 16.9. The zero-order valence-corrected chi connectivity index (χ0v) is 16.5. The second-order valence-corrected chi connectivity index (χ2v) is 6.79. The lowest BCUT2D eigenvalue weighted by Gasteiger charge is -2.26. The molecule has 2 rings (SSSR count). The number of rotatable bonds is 10. The maximum absolute atomic E-state index is 12.6. The van der Waals surface area contributed by atoms with E-state index in [4.69, 9.17) is 18.9 Å². The van der Waals surface area contributed by atoms with Gasteiger partial charge in [0.2, 0.25) is 0 Å². The summed E-state index contributed by atoms with van der Waals surface area (Å²) < 4.78 is 21.6. The summed E-state index contributed by atoms with van der Waals surface area (Å²) >= 11 is 0. The highest BCUT2D eigenvalue weighted by Gasteiger charge is 2.40. The van der Waals surface area contributed by atoms with Gasteiger partial charge in [0.25, 0.3) is 0 Å². The number of methoxy groups -OCH3 is 1. The van der Waals surface area contributed by atoms with Crippen molar-refractivity contribution in [2.75, 3.05) is 20.3 Å². The van der Waals surface area contributed by atoms with Crippen molar-refractivity contribution >= 4 is 11.9 Å². The van der Waals surface area contributed by atoms with Crippen molar-refractivity contribution in [2.24, 2.45) is 5.92 Å². The fourth-order valence-corrected chi connectivity index (χ4v) is 3.08. The summed E-state index contributed by atoms with van der Waals surface area (Å²) in [6, 6.07) is 6.49. The predicted molar refractivity (Wildman–Crippen MR) is 100 cm³/mol. The summed E-state index contributed by atoms with van der Waals surface area (Å²) in [5.74, 6) is -2.22. The summed E-state index contributed by atoms with van der Waals surface area (Å²) in [6.07, 6.45) is 5.39. The Hall–Kier alpha value is -1.92. The molecule has 0 N–H and O–H groups in total. The number of ether oxygens (including phenoxy) is 4. The Kier molecular flexibility index (Phi) is 8.25. The summed E-state index contributed by atoms with van der Waals surface area (Å²) in [6.45, 7) is 5.04. The van der Waals surface area contributed by atoms with Gasteiger partial charge in [-0.15, -0.1) is 0 Å². The van der Waals surface area contributed by atoms with Gasteiger partial charge < -0.3 is 18.9 Å². The van der Waals surface area contributed by atoms with Crippen molar-refractivity contribution in [1.29, 1.82) is 0 Å². The standard InChI is InChI=1S/C21H30O6/c1-4-6-10-16(5-2)15-25-19(22)17-11-7-8-12-18(17)20(23)27-21(24-3)13-9-14-26-21/h7-8,11-12,16H,4-6,9-10,13-15H2,1-3H3. The van der Waals surface area contributed by atoms with Crippen LogP contribution in [-0.4, -0.2) is 38.2 Å². The van der Waals surface area contributed by atoms with Crippen molar-refractivity contribution in [2.45, 2.75) is 58.3 Å². The van der Waals surface area contributed by atoms with Crippen molar-refractivity contribution in [3.05, 3.63) is 35.4 Å². The molecule has 1 aliphatic heterocycles. The van der Waals surface area contributed by atoms with E-state index in [0.717, 1.165) is 32.1 Å². The number of unbranched alkanes of at least 4 members (excludes halogenated alkanes) is 1. The van der Waals surface area contributed by atoms with Crippen LogP contribution in [0, 0.1) is 5.92 Å². The third-order valence-corrected chi connectivity index (χ3v) is 4.87. The van der Waals surface area contributed by atoms with Crippen LogP contribution < -0.4 is 0 Å². The van der Waals surface area contributed by atoms with Crippen molar-refractivity contribution in [3.8, 4) is 0 Å². The fourth-order valence-electron chi connectivity index (χ4n) is 3.08. The molecular formula is C21H30O6. The number of carbonyl (C=O) groups excluding carboxylic acids is 2. The lowest BCUT2D eigenvalue weighted by Crippen LogP contribution is -2.36. The summed E-state index contributed by atoms with van der Waals surface area (Å²) in [7, 11) is 1.43. The van der Waals surface area contributed by atoms with Gasteiger partial charge in [-0.05, 0) is 30.9 Å². The number of esters is 2. The van der Waals surface area contributed by atoms with Gasteiger partial charge in [0.1, 0.15) is 0 Å². The van der Waals surface area contributed by atoms with Crippen LogP contribution in [0.25, 0.3) is 0 Å². The van der Waals surface area contributed by atoms with Crippen molar-refractivity contribution in [1.82, 2.24) is 0 Å². The average Bonchev–Trinajstić information content (AvgIpc) is 3.16. The first-order chi connectivity index (χ1) is 13.0. The van der Waals surface area contributed by atoms with E-state index in [0.29, 0.717) is 25.6 Å². The Morgan fingerprint density at radius 2 is 1.89 bits per heavy atom. The summed E-state index contributed by atoms with van der Waals surface area (Å²) in [5.41, 5.74) is 0.341. The van der Waals surface area contributed by atoms with E-state index in [-0.39, 0.29) is 11.1 Å². The zero-order valence-electron chi connectivity index (χ0n) is 16.5. The van der Waals surface area contributed by atoms with E-state index in [1.54, 1.807) is 24.3 Å². The van der Waals surface area contributed by atoms with Crippen LogP contribution in [-0.2, 0) is 18.9 Å². The Balaban J connectivity index is 2.05. The minimum absolute atomic E-state index is 0.149. The highest BCUT2D eigenvalue weighted by Crippen LogP contribution is 2.29. The Morgan fingerprint density at radius 3 is 2.44 bits per heavy atom. The minimum atomic E-state index is -1.37. The molecule has 0 aromatic heterocycles. The Bertz CT molecular complexity index is 621. The monoisotopic (exact) mass is 378 g/mol. The van der Waals surface area contributed by atoms with Crippen LogP contribution in [0.5, 0.6) is 0 Å². The van der Waals surface area contributed by atoms with E-state index < -0.39 is 17.9 Å². The molecule has 0 bridgehead atoms. The van der Waals surface area contributed by atoms with E-state index in [1.165, 1.54) is 7.11 Å². The van der Waals surface area contributed by atoms with Gasteiger partial charge in [-0.25, -0.2) is 9.59 Å². The molecule has 27 heavy (non-hydrogen) atoms. The van der Waals surface area contributed by atoms with Gasteiger partial charge in [-0.3, -0.25) is 0 Å². The SMILES string of the molecule is CCCCC(CC)COC(=O)c1ccccc1C(=O)OC1(OC)CCCO1. The third kappa shape index (κ3) is 5.78. The lowest BCUT2D eigenvalue weighted by molar-refractivity contribution is -0.323. The maximum atomic E-state index is 12.6. The molecule has 2 atom stereocenters. The van der Waals surface area contributed by atoms with Gasteiger partial charge in [-0.1, -0.05) is 45.2 Å². The van der Waals surface area contributed by atoms with Gasteiger partial charge in [0.05, 0.1) is 24.3 Å². The first kappa shape index (κ1) is 21.4. The molecule has 1 aliphatic rings. The Morgan fingerprint density at radius 1 is 1.19 bits per heavy atom. The fraction of sp³-hybridized carbons (Fsp3) is 0.619. The second kappa shape index (κ2) is 10.4. The molecule has 0 aliphatic carbocycles. The van der Waals surface area contributed by atoms with Crippen molar-refractivity contribution in [3.63, 3.8) is 0 Å². The van der Waals surface area contributed by atoms with Crippen LogP contribution in [0.15, 0.2) is 24.3 Å². The molecule has 1 aromatic carbocycles. The van der Waals surface area contributed by atoms with Crippen LogP contribution in [0.4, 0.5) is 0 Å². The number of hydrogen-bond donors (Lipinski definition) is 0. The topological polar surface area (TPSA) is 71.1 Å². The number of carbonyl (C=O) groups is 2. The van der Waals surface area contributed by atoms with E-state index >= 15 is 0 Å². The van der Waals surface area contributed by atoms with Crippen LogP contribution in [0.3, 0.4) is 0 Å². The van der Waals surface area contributed by atoms with Crippen LogP contribution in [0.1, 0.15) is 73.1 Å². The van der Waals surface area contributed by atoms with Gasteiger partial charge in [-0.2, -0.15) is 0 Å². The highest BCUT2D eigenvalue weighted by molar-refractivity contribution is 6.03. The molecule has 1 saturated heterocycles. The minimum Gasteiger partial charge on any atom is -0.462 e. The zero-order chi connectivity index (χ0) is 19.7. The lowest BCUT2D eigenvalue weighted by atomic mass is 10.0. The molecule has 0 radical (unpaired) electrons. The molecule has 6 heteroatoms. The summed E-state index contributed by atoms with van der Waals surface area (Å²) in [4.78, 5) is 25.2. The van der Waals surface area contributed by atoms with Gasteiger partial charge in [0, 0.05) is 13.5 Å². The molecule has 1 heterocycles. The Labute approximate surface area is 161 Å². The molecule has 150 valence electrons. The molecule has 2 unspecified atom stereocenters. The molecule has 0 amide bonds. The number of benzene rings is 1. The van der Waals surface area contributed by atoms with Crippen LogP contribution >= 0.6 is 0 Å². The molecule has 0 saturated carbocycles. The normalized spacial score (nSPS) is 20.3.